The van der Waals surface area contributed by atoms with Crippen LogP contribution in [0.25, 0.3) is 0 Å². The van der Waals surface area contributed by atoms with Crippen molar-refractivity contribution in [3.63, 3.8) is 0 Å². The summed E-state index contributed by atoms with van der Waals surface area (Å²) in [6.07, 6.45) is 3.78. The third kappa shape index (κ3) is 2.98. The molecule has 100 valence electrons. The van der Waals surface area contributed by atoms with E-state index in [9.17, 15) is 0 Å². The molecule has 0 bridgehead atoms. The quantitative estimate of drug-likeness (QED) is 0.937. The molecule has 0 atom stereocenters. The maximum Gasteiger partial charge on any atom is 0.253 e. The van der Waals surface area contributed by atoms with Crippen LogP contribution in [0, 0.1) is 0 Å². The third-order valence-electron chi connectivity index (χ3n) is 3.31. The Labute approximate surface area is 116 Å². The van der Waals surface area contributed by atoms with E-state index < -0.39 is 0 Å². The monoisotopic (exact) mass is 278 g/mol. The second-order valence-corrected chi connectivity index (χ2v) is 5.03. The molecule has 19 heavy (non-hydrogen) atoms. The van der Waals surface area contributed by atoms with Gasteiger partial charge < -0.3 is 9.64 Å². The number of aromatic nitrogens is 3. The van der Waals surface area contributed by atoms with E-state index in [0.29, 0.717) is 5.88 Å². The zero-order valence-corrected chi connectivity index (χ0v) is 11.2. The number of anilines is 1. The van der Waals surface area contributed by atoms with E-state index in [1.54, 1.807) is 6.20 Å². The van der Waals surface area contributed by atoms with Crippen molar-refractivity contribution < 1.29 is 4.74 Å². The molecule has 1 aliphatic heterocycles. The molecule has 0 spiro atoms. The summed E-state index contributed by atoms with van der Waals surface area (Å²) < 4.78 is 5.75. The van der Waals surface area contributed by atoms with Crippen molar-refractivity contribution in [3.8, 4) is 5.88 Å². The van der Waals surface area contributed by atoms with Crippen LogP contribution in [0.5, 0.6) is 5.88 Å². The molecule has 5 nitrogen and oxygen atoms in total. The van der Waals surface area contributed by atoms with Crippen molar-refractivity contribution in [2.75, 3.05) is 18.0 Å². The predicted octanol–water partition coefficient (Wildman–Crippen LogP) is 2.51. The Bertz CT molecular complexity index is 506. The lowest BCUT2D eigenvalue weighted by Gasteiger charge is -2.33. The van der Waals surface area contributed by atoms with E-state index in [0.717, 1.165) is 31.0 Å². The molecule has 0 unspecified atom stereocenters. The average molecular weight is 279 g/mol. The summed E-state index contributed by atoms with van der Waals surface area (Å²) in [5, 5.41) is 11.0. The van der Waals surface area contributed by atoms with Gasteiger partial charge in [-0.05, 0) is 24.3 Å². The number of piperidine rings is 1. The minimum Gasteiger partial charge on any atom is -0.472 e. The maximum absolute atomic E-state index is 5.90. The van der Waals surface area contributed by atoms with Crippen LogP contribution in [0.3, 0.4) is 0 Å². The Hall–Kier alpha value is -1.75. The first-order chi connectivity index (χ1) is 9.31. The van der Waals surface area contributed by atoms with E-state index in [2.05, 4.69) is 32.4 Å². The minimum atomic E-state index is 0.216. The van der Waals surface area contributed by atoms with Gasteiger partial charge in [0.1, 0.15) is 12.3 Å². The van der Waals surface area contributed by atoms with Crippen molar-refractivity contribution >= 4 is 17.3 Å². The zero-order chi connectivity index (χ0) is 13.1. The first-order valence-electron chi connectivity index (χ1n) is 6.34. The number of nitrogens with zero attached hydrogens (tertiary/aromatic N) is 3. The van der Waals surface area contributed by atoms with Crippen molar-refractivity contribution in [1.82, 2.24) is 15.4 Å². The molecule has 6 heteroatoms. The number of hydrogen-bond donors (Lipinski definition) is 1. The smallest absolute Gasteiger partial charge is 0.253 e. The number of hydrogen-bond acceptors (Lipinski definition) is 4. The van der Waals surface area contributed by atoms with Crippen LogP contribution >= 0.6 is 11.6 Å². The van der Waals surface area contributed by atoms with Crippen molar-refractivity contribution in [3.05, 3.63) is 35.5 Å². The summed E-state index contributed by atoms with van der Waals surface area (Å²) in [6.45, 7) is 1.95. The van der Waals surface area contributed by atoms with Crippen LogP contribution in [-0.2, 0) is 0 Å². The van der Waals surface area contributed by atoms with Gasteiger partial charge in [-0.1, -0.05) is 11.6 Å². The van der Waals surface area contributed by atoms with E-state index in [1.807, 2.05) is 12.1 Å². The molecule has 1 aromatic heterocycles. The maximum atomic E-state index is 5.90. The highest BCUT2D eigenvalue weighted by molar-refractivity contribution is 6.30. The lowest BCUT2D eigenvalue weighted by molar-refractivity contribution is 0.164. The van der Waals surface area contributed by atoms with Gasteiger partial charge >= 0.3 is 0 Å². The number of ether oxygens (including phenoxy) is 1. The Morgan fingerprint density at radius 1 is 1.21 bits per heavy atom. The third-order valence-corrected chi connectivity index (χ3v) is 3.57. The van der Waals surface area contributed by atoms with Gasteiger partial charge in [-0.25, -0.2) is 0 Å². The average Bonchev–Trinajstić information content (AvgIpc) is 2.94. The fourth-order valence-corrected chi connectivity index (χ4v) is 2.43. The van der Waals surface area contributed by atoms with E-state index in [-0.39, 0.29) is 6.10 Å². The highest BCUT2D eigenvalue weighted by Gasteiger charge is 2.21. The van der Waals surface area contributed by atoms with Crippen LogP contribution < -0.4 is 9.64 Å². The lowest BCUT2D eigenvalue weighted by atomic mass is 10.1. The predicted molar refractivity (Wildman–Crippen MR) is 73.7 cm³/mol. The van der Waals surface area contributed by atoms with Gasteiger partial charge in [-0.15, -0.1) is 5.10 Å². The number of nitrogens with one attached hydrogen (secondary N) is 1. The Morgan fingerprint density at radius 3 is 2.58 bits per heavy atom. The highest BCUT2D eigenvalue weighted by Crippen LogP contribution is 2.23. The lowest BCUT2D eigenvalue weighted by Crippen LogP contribution is -2.38. The van der Waals surface area contributed by atoms with Gasteiger partial charge in [0, 0.05) is 36.6 Å². The first kappa shape index (κ1) is 12.3. The van der Waals surface area contributed by atoms with Crippen LogP contribution in [0.2, 0.25) is 5.02 Å². The summed E-state index contributed by atoms with van der Waals surface area (Å²) in [5.41, 5.74) is 1.21. The Kier molecular flexibility index (Phi) is 3.55. The van der Waals surface area contributed by atoms with Gasteiger partial charge in [0.05, 0.1) is 0 Å². The molecule has 1 aromatic carbocycles. The van der Waals surface area contributed by atoms with Crippen molar-refractivity contribution in [2.45, 2.75) is 18.9 Å². The van der Waals surface area contributed by atoms with Crippen LogP contribution in [0.15, 0.2) is 30.5 Å². The first-order valence-corrected chi connectivity index (χ1v) is 6.72. The van der Waals surface area contributed by atoms with Gasteiger partial charge in [0.25, 0.3) is 5.88 Å². The Morgan fingerprint density at radius 2 is 1.95 bits per heavy atom. The summed E-state index contributed by atoms with van der Waals surface area (Å²) in [6, 6.07) is 7.96. The molecule has 0 amide bonds. The minimum absolute atomic E-state index is 0.216. The van der Waals surface area contributed by atoms with Crippen LogP contribution in [0.4, 0.5) is 5.69 Å². The zero-order valence-electron chi connectivity index (χ0n) is 10.4. The molecule has 1 N–H and O–H groups in total. The van der Waals surface area contributed by atoms with Gasteiger partial charge in [0.15, 0.2) is 0 Å². The molecule has 1 aliphatic rings. The fourth-order valence-electron chi connectivity index (χ4n) is 2.30. The summed E-state index contributed by atoms with van der Waals surface area (Å²) >= 11 is 5.90. The molecule has 1 saturated heterocycles. The summed E-state index contributed by atoms with van der Waals surface area (Å²) in [4.78, 5) is 2.35. The number of H-pyrrole nitrogens is 1. The van der Waals surface area contributed by atoms with Crippen LogP contribution in [-0.4, -0.2) is 34.6 Å². The Balaban J connectivity index is 1.56. The second kappa shape index (κ2) is 5.48. The number of halogens is 1. The van der Waals surface area contributed by atoms with E-state index in [4.69, 9.17) is 16.3 Å². The van der Waals surface area contributed by atoms with Crippen molar-refractivity contribution in [1.29, 1.82) is 0 Å². The fraction of sp³-hybridized carbons (Fsp3) is 0.385. The normalized spacial score (nSPS) is 16.6. The number of benzene rings is 1. The second-order valence-electron chi connectivity index (χ2n) is 4.59. The van der Waals surface area contributed by atoms with Crippen molar-refractivity contribution in [2.24, 2.45) is 0 Å². The molecule has 0 radical (unpaired) electrons. The molecule has 2 heterocycles. The topological polar surface area (TPSA) is 54.0 Å². The molecular weight excluding hydrogens is 264 g/mol. The molecule has 1 fully saturated rings. The highest BCUT2D eigenvalue weighted by atomic mass is 35.5. The molecule has 3 rings (SSSR count). The summed E-state index contributed by atoms with van der Waals surface area (Å²) in [7, 11) is 0. The molecular formula is C13H15ClN4O. The van der Waals surface area contributed by atoms with E-state index >= 15 is 0 Å². The van der Waals surface area contributed by atoms with Gasteiger partial charge in [-0.3, -0.25) is 0 Å². The number of aromatic amines is 1. The van der Waals surface area contributed by atoms with Gasteiger partial charge in [-0.2, -0.15) is 10.3 Å². The number of rotatable bonds is 3. The molecule has 2 aromatic rings. The summed E-state index contributed by atoms with van der Waals surface area (Å²) in [5.74, 6) is 0.574. The standard InChI is InChI=1S/C13H15ClN4O/c14-10-1-3-11(4-2-10)18-7-5-12(6-8-18)19-13-9-15-17-16-13/h1-4,9,12H,5-8H2,(H,15,16,17). The SMILES string of the molecule is Clc1ccc(N2CCC(Oc3cn[nH]n3)CC2)cc1. The molecule has 0 aliphatic carbocycles. The van der Waals surface area contributed by atoms with E-state index in [1.165, 1.54) is 5.69 Å². The molecule has 0 saturated carbocycles. The van der Waals surface area contributed by atoms with Gasteiger partial charge in [0.2, 0.25) is 0 Å². The van der Waals surface area contributed by atoms with Crippen LogP contribution in [0.1, 0.15) is 12.8 Å². The largest absolute Gasteiger partial charge is 0.472 e.